The van der Waals surface area contributed by atoms with Crippen LogP contribution in [0.3, 0.4) is 0 Å². The molecule has 0 spiro atoms. The molecule has 0 fully saturated rings. The third-order valence-electron chi connectivity index (χ3n) is 2.35. The molecule has 0 N–H and O–H groups in total. The number of hydrogen-bond acceptors (Lipinski definition) is 2. The Morgan fingerprint density at radius 2 is 2.12 bits per heavy atom. The maximum Gasteiger partial charge on any atom is 0.144 e. The Bertz CT molecular complexity index is 429. The first-order valence-corrected chi connectivity index (χ1v) is 6.11. The predicted molar refractivity (Wildman–Crippen MR) is 65.2 cm³/mol. The van der Waals surface area contributed by atoms with Crippen molar-refractivity contribution in [3.8, 4) is 6.07 Å². The molecule has 0 amide bonds. The summed E-state index contributed by atoms with van der Waals surface area (Å²) in [6, 6.07) is 4.55. The van der Waals surface area contributed by atoms with E-state index in [-0.39, 0.29) is 23.1 Å². The lowest BCUT2D eigenvalue weighted by Crippen LogP contribution is -2.25. The van der Waals surface area contributed by atoms with Gasteiger partial charge in [0.05, 0.1) is 17.1 Å². The van der Waals surface area contributed by atoms with Crippen LogP contribution in [0.15, 0.2) is 16.6 Å². The summed E-state index contributed by atoms with van der Waals surface area (Å²) in [6.07, 6.45) is 0.832. The van der Waals surface area contributed by atoms with Crippen molar-refractivity contribution in [1.29, 1.82) is 5.26 Å². The van der Waals surface area contributed by atoms with Crippen molar-refractivity contribution in [2.24, 2.45) is 0 Å². The van der Waals surface area contributed by atoms with Crippen LogP contribution in [0.2, 0.25) is 0 Å². The summed E-state index contributed by atoms with van der Waals surface area (Å²) in [4.78, 5) is 1.72. The number of hydrogen-bond donors (Lipinski definition) is 0. The summed E-state index contributed by atoms with van der Waals surface area (Å²) in [7, 11) is 0. The number of benzene rings is 1. The molecule has 0 heterocycles. The van der Waals surface area contributed by atoms with Crippen LogP contribution in [-0.4, -0.2) is 18.0 Å². The smallest absolute Gasteiger partial charge is 0.144 e. The number of halogens is 3. The molecule has 0 radical (unpaired) electrons. The van der Waals surface area contributed by atoms with E-state index in [9.17, 15) is 8.78 Å². The minimum absolute atomic E-state index is 0.00285. The average Bonchev–Trinajstić information content (AvgIpc) is 2.30. The highest BCUT2D eigenvalue weighted by atomic mass is 79.9. The van der Waals surface area contributed by atoms with Gasteiger partial charge in [-0.3, -0.25) is 4.90 Å². The quantitative estimate of drug-likeness (QED) is 0.615. The van der Waals surface area contributed by atoms with Crippen LogP contribution in [0.25, 0.3) is 0 Å². The number of nitrogens with zero attached hydrogens (tertiary/aromatic N) is 2. The molecule has 1 aromatic rings. The molecule has 0 bridgehead atoms. The van der Waals surface area contributed by atoms with Crippen molar-refractivity contribution in [2.45, 2.75) is 19.9 Å². The van der Waals surface area contributed by atoms with Crippen LogP contribution >= 0.6 is 15.9 Å². The Labute approximate surface area is 108 Å². The van der Waals surface area contributed by atoms with Gasteiger partial charge in [-0.05, 0) is 41.0 Å². The van der Waals surface area contributed by atoms with Gasteiger partial charge in [0.2, 0.25) is 0 Å². The molecule has 1 aromatic carbocycles. The summed E-state index contributed by atoms with van der Waals surface area (Å²) in [5.74, 6) is -1.17. The molecular weight excluding hydrogens is 290 g/mol. The molecule has 5 heteroatoms. The van der Waals surface area contributed by atoms with Crippen LogP contribution in [0.5, 0.6) is 0 Å². The van der Waals surface area contributed by atoms with Gasteiger partial charge in [0, 0.05) is 12.1 Å². The molecule has 0 aliphatic heterocycles. The van der Waals surface area contributed by atoms with E-state index in [1.165, 1.54) is 12.1 Å². The SMILES string of the molecule is CCCN(CC#N)Cc1c(F)ccc(Br)c1F. The van der Waals surface area contributed by atoms with Crippen molar-refractivity contribution in [3.63, 3.8) is 0 Å². The summed E-state index contributed by atoms with van der Waals surface area (Å²) in [5.41, 5.74) is 0.00285. The first-order chi connectivity index (χ1) is 8.10. The zero-order chi connectivity index (χ0) is 12.8. The first kappa shape index (κ1) is 14.1. The Morgan fingerprint density at radius 1 is 1.41 bits per heavy atom. The van der Waals surface area contributed by atoms with Gasteiger partial charge in [-0.1, -0.05) is 6.92 Å². The molecule has 92 valence electrons. The molecule has 17 heavy (non-hydrogen) atoms. The second-order valence-electron chi connectivity index (χ2n) is 3.69. The molecule has 2 nitrogen and oxygen atoms in total. The lowest BCUT2D eigenvalue weighted by Gasteiger charge is -2.19. The minimum atomic E-state index is -0.593. The normalized spacial score (nSPS) is 10.6. The monoisotopic (exact) mass is 302 g/mol. The van der Waals surface area contributed by atoms with E-state index in [0.717, 1.165) is 6.42 Å². The van der Waals surface area contributed by atoms with Gasteiger partial charge in [0.1, 0.15) is 11.6 Å². The van der Waals surface area contributed by atoms with Gasteiger partial charge in [0.25, 0.3) is 0 Å². The highest BCUT2D eigenvalue weighted by Gasteiger charge is 2.15. The third kappa shape index (κ3) is 3.76. The van der Waals surface area contributed by atoms with E-state index in [0.29, 0.717) is 6.54 Å². The van der Waals surface area contributed by atoms with E-state index >= 15 is 0 Å². The lowest BCUT2D eigenvalue weighted by atomic mass is 10.2. The summed E-state index contributed by atoms with van der Waals surface area (Å²) in [5, 5.41) is 8.65. The van der Waals surface area contributed by atoms with Gasteiger partial charge in [-0.15, -0.1) is 0 Å². The molecular formula is C12H13BrF2N2. The van der Waals surface area contributed by atoms with E-state index in [2.05, 4.69) is 15.9 Å². The van der Waals surface area contributed by atoms with Gasteiger partial charge < -0.3 is 0 Å². The van der Waals surface area contributed by atoms with Crippen LogP contribution in [0.4, 0.5) is 8.78 Å². The van der Waals surface area contributed by atoms with E-state index in [1.54, 1.807) is 4.90 Å². The summed E-state index contributed by atoms with van der Waals surface area (Å²) in [6.45, 7) is 2.87. The second kappa shape index (κ2) is 6.67. The Hall–Kier alpha value is -0.990. The fourth-order valence-corrected chi connectivity index (χ4v) is 1.94. The van der Waals surface area contributed by atoms with Gasteiger partial charge >= 0.3 is 0 Å². The lowest BCUT2D eigenvalue weighted by molar-refractivity contribution is 0.288. The number of nitriles is 1. The zero-order valence-electron chi connectivity index (χ0n) is 9.51. The predicted octanol–water partition coefficient (Wildman–Crippen LogP) is 3.46. The average molecular weight is 303 g/mol. The van der Waals surface area contributed by atoms with Crippen molar-refractivity contribution < 1.29 is 8.78 Å². The first-order valence-electron chi connectivity index (χ1n) is 5.31. The summed E-state index contributed by atoms with van der Waals surface area (Å²) < 4.78 is 27.4. The van der Waals surface area contributed by atoms with E-state index < -0.39 is 11.6 Å². The van der Waals surface area contributed by atoms with Gasteiger partial charge in [0.15, 0.2) is 0 Å². The van der Waals surface area contributed by atoms with Gasteiger partial charge in [-0.2, -0.15) is 5.26 Å². The minimum Gasteiger partial charge on any atom is -0.286 e. The van der Waals surface area contributed by atoms with Crippen LogP contribution in [0.1, 0.15) is 18.9 Å². The molecule has 0 aliphatic carbocycles. The van der Waals surface area contributed by atoms with Crippen LogP contribution in [-0.2, 0) is 6.54 Å². The van der Waals surface area contributed by atoms with Crippen molar-refractivity contribution >= 4 is 15.9 Å². The highest BCUT2D eigenvalue weighted by molar-refractivity contribution is 9.10. The Kier molecular flexibility index (Phi) is 5.52. The molecule has 1 rings (SSSR count). The molecule has 0 atom stereocenters. The molecule has 0 saturated carbocycles. The summed E-state index contributed by atoms with van der Waals surface area (Å²) >= 11 is 3.02. The topological polar surface area (TPSA) is 27.0 Å². The molecule has 0 unspecified atom stereocenters. The zero-order valence-corrected chi connectivity index (χ0v) is 11.1. The van der Waals surface area contributed by atoms with Crippen molar-refractivity contribution in [1.82, 2.24) is 4.90 Å². The maximum absolute atomic E-state index is 13.7. The largest absolute Gasteiger partial charge is 0.286 e. The van der Waals surface area contributed by atoms with Crippen molar-refractivity contribution in [3.05, 3.63) is 33.8 Å². The third-order valence-corrected chi connectivity index (χ3v) is 2.97. The standard InChI is InChI=1S/C12H13BrF2N2/c1-2-6-17(7-5-16)8-9-11(14)4-3-10(13)12(9)15/h3-4H,2,6-8H2,1H3. The fourth-order valence-electron chi connectivity index (χ4n) is 1.57. The van der Waals surface area contributed by atoms with E-state index in [1.807, 2.05) is 13.0 Å². The molecule has 0 aliphatic rings. The molecule has 0 aromatic heterocycles. The van der Waals surface area contributed by atoms with Gasteiger partial charge in [-0.25, -0.2) is 8.78 Å². The van der Waals surface area contributed by atoms with Crippen LogP contribution < -0.4 is 0 Å². The van der Waals surface area contributed by atoms with Crippen LogP contribution in [0, 0.1) is 23.0 Å². The Balaban J connectivity index is 2.92. The second-order valence-corrected chi connectivity index (χ2v) is 4.54. The van der Waals surface area contributed by atoms with E-state index in [4.69, 9.17) is 5.26 Å². The van der Waals surface area contributed by atoms with Crippen molar-refractivity contribution in [2.75, 3.05) is 13.1 Å². The number of rotatable bonds is 5. The molecule has 0 saturated heterocycles. The maximum atomic E-state index is 13.7. The highest BCUT2D eigenvalue weighted by Crippen LogP contribution is 2.22. The Morgan fingerprint density at radius 3 is 2.71 bits per heavy atom. The fraction of sp³-hybridized carbons (Fsp3) is 0.417.